The number of hydrogen-bond acceptors (Lipinski definition) is 7. The molecule has 1 aromatic carbocycles. The molecule has 8 heteroatoms. The van der Waals surface area contributed by atoms with Gasteiger partial charge >= 0.3 is 0 Å². The molecule has 2 aliphatic rings. The largest absolute Gasteiger partial charge is 0.352 e. The standard InChI is InChI=1S/C20H23N7O/c1-20(2)15-4-3-14(9-12(15)10-16(20)28)23-19-24-18-17(22-6-8-27(18)25-19)26-7-5-13(21)11-26/h3-4,6,8-9,13H,5,7,10-11,21H2,1-2H3,(H,23,25)/t13-/m0/s1. The Morgan fingerprint density at radius 3 is 2.96 bits per heavy atom. The van der Waals surface area contributed by atoms with E-state index in [0.29, 0.717) is 18.0 Å². The van der Waals surface area contributed by atoms with Crippen LogP contribution in [0.1, 0.15) is 31.4 Å². The number of benzene rings is 1. The summed E-state index contributed by atoms with van der Waals surface area (Å²) in [6.07, 6.45) is 4.94. The number of ketones is 1. The van der Waals surface area contributed by atoms with Gasteiger partial charge in [0.1, 0.15) is 5.78 Å². The lowest BCUT2D eigenvalue weighted by molar-refractivity contribution is -0.121. The quantitative estimate of drug-likeness (QED) is 0.718. The smallest absolute Gasteiger partial charge is 0.247 e. The van der Waals surface area contributed by atoms with Gasteiger partial charge < -0.3 is 16.0 Å². The summed E-state index contributed by atoms with van der Waals surface area (Å²) < 4.78 is 1.73. The van der Waals surface area contributed by atoms with Crippen LogP contribution in [0.3, 0.4) is 0 Å². The van der Waals surface area contributed by atoms with Crippen LogP contribution >= 0.6 is 0 Å². The Morgan fingerprint density at radius 2 is 2.18 bits per heavy atom. The van der Waals surface area contributed by atoms with Gasteiger partial charge in [0.25, 0.3) is 0 Å². The Labute approximate surface area is 162 Å². The molecule has 8 nitrogen and oxygen atoms in total. The van der Waals surface area contributed by atoms with Crippen LogP contribution in [0.15, 0.2) is 30.6 Å². The van der Waals surface area contributed by atoms with Gasteiger partial charge in [-0.15, -0.1) is 5.10 Å². The highest BCUT2D eigenvalue weighted by molar-refractivity contribution is 5.96. The van der Waals surface area contributed by atoms with E-state index in [4.69, 9.17) is 5.73 Å². The number of anilines is 3. The van der Waals surface area contributed by atoms with Gasteiger partial charge in [-0.25, -0.2) is 9.50 Å². The molecule has 0 spiro atoms. The highest BCUT2D eigenvalue weighted by Crippen LogP contribution is 2.37. The Hall–Kier alpha value is -3.00. The lowest BCUT2D eigenvalue weighted by Crippen LogP contribution is -2.27. The molecule has 0 saturated carbocycles. The van der Waals surface area contributed by atoms with Crippen molar-refractivity contribution in [1.29, 1.82) is 0 Å². The first-order chi connectivity index (χ1) is 13.4. The molecule has 2 aromatic heterocycles. The monoisotopic (exact) mass is 377 g/mol. The van der Waals surface area contributed by atoms with Crippen molar-refractivity contribution in [2.75, 3.05) is 23.3 Å². The lowest BCUT2D eigenvalue weighted by Gasteiger charge is -2.17. The van der Waals surface area contributed by atoms with E-state index in [1.54, 1.807) is 16.9 Å². The third-order valence-electron chi connectivity index (χ3n) is 5.84. The van der Waals surface area contributed by atoms with Crippen molar-refractivity contribution in [1.82, 2.24) is 19.6 Å². The highest BCUT2D eigenvalue weighted by Gasteiger charge is 2.37. The number of rotatable bonds is 3. The lowest BCUT2D eigenvalue weighted by atomic mass is 9.86. The van der Waals surface area contributed by atoms with Crippen LogP contribution in [-0.2, 0) is 16.6 Å². The predicted molar refractivity (Wildman–Crippen MR) is 107 cm³/mol. The molecule has 144 valence electrons. The van der Waals surface area contributed by atoms with Crippen LogP contribution < -0.4 is 16.0 Å². The average molecular weight is 377 g/mol. The third-order valence-corrected chi connectivity index (χ3v) is 5.84. The van der Waals surface area contributed by atoms with E-state index in [1.807, 2.05) is 32.0 Å². The van der Waals surface area contributed by atoms with Crippen LogP contribution in [0.2, 0.25) is 0 Å². The van der Waals surface area contributed by atoms with Gasteiger partial charge in [0, 0.05) is 49.0 Å². The zero-order valence-electron chi connectivity index (χ0n) is 16.0. The molecular weight excluding hydrogens is 354 g/mol. The van der Waals surface area contributed by atoms with E-state index in [0.717, 1.165) is 42.1 Å². The Kier molecular flexibility index (Phi) is 3.67. The number of aromatic nitrogens is 4. The van der Waals surface area contributed by atoms with Crippen molar-refractivity contribution < 1.29 is 4.79 Å². The topological polar surface area (TPSA) is 101 Å². The number of nitrogens with one attached hydrogen (secondary N) is 1. The first-order valence-corrected chi connectivity index (χ1v) is 9.57. The molecule has 1 atom stereocenters. The second-order valence-corrected chi connectivity index (χ2v) is 8.17. The van der Waals surface area contributed by atoms with Gasteiger partial charge in [0.05, 0.1) is 0 Å². The van der Waals surface area contributed by atoms with Crippen molar-refractivity contribution in [2.45, 2.75) is 38.1 Å². The van der Waals surface area contributed by atoms with E-state index in [9.17, 15) is 4.79 Å². The summed E-state index contributed by atoms with van der Waals surface area (Å²) in [5.41, 5.74) is 9.37. The van der Waals surface area contributed by atoms with Crippen molar-refractivity contribution in [2.24, 2.45) is 5.73 Å². The van der Waals surface area contributed by atoms with Crippen LogP contribution in [0.4, 0.5) is 17.5 Å². The molecule has 0 radical (unpaired) electrons. The van der Waals surface area contributed by atoms with Crippen LogP contribution in [-0.4, -0.2) is 44.5 Å². The number of carbonyl (C=O) groups is 1. The SMILES string of the molecule is CC1(C)C(=O)Cc2cc(Nc3nc4c(N5CC[C@H](N)C5)nccn4n3)ccc21. The number of fused-ring (bicyclic) bond motifs is 2. The minimum atomic E-state index is -0.410. The highest BCUT2D eigenvalue weighted by atomic mass is 16.1. The zero-order chi connectivity index (χ0) is 19.5. The molecule has 0 bridgehead atoms. The predicted octanol–water partition coefficient (Wildman–Crippen LogP) is 1.81. The first kappa shape index (κ1) is 17.1. The molecule has 28 heavy (non-hydrogen) atoms. The van der Waals surface area contributed by atoms with E-state index in [-0.39, 0.29) is 11.8 Å². The summed E-state index contributed by atoms with van der Waals surface area (Å²) in [6.45, 7) is 5.61. The molecule has 1 aliphatic carbocycles. The van der Waals surface area contributed by atoms with Crippen LogP contribution in [0.25, 0.3) is 5.65 Å². The molecule has 1 aliphatic heterocycles. The van der Waals surface area contributed by atoms with Crippen LogP contribution in [0, 0.1) is 0 Å². The number of nitrogens with two attached hydrogens (primary N) is 1. The molecule has 3 N–H and O–H groups in total. The van der Waals surface area contributed by atoms with Gasteiger partial charge in [0.15, 0.2) is 11.5 Å². The fourth-order valence-corrected chi connectivity index (χ4v) is 4.16. The summed E-state index contributed by atoms with van der Waals surface area (Å²) in [7, 11) is 0. The molecule has 3 heterocycles. The molecule has 1 fully saturated rings. The minimum Gasteiger partial charge on any atom is -0.352 e. The molecule has 3 aromatic rings. The fourth-order valence-electron chi connectivity index (χ4n) is 4.16. The number of nitrogens with zero attached hydrogens (tertiary/aromatic N) is 5. The van der Waals surface area contributed by atoms with Gasteiger partial charge in [-0.1, -0.05) is 6.07 Å². The number of carbonyl (C=O) groups excluding carboxylic acids is 1. The Bertz CT molecular complexity index is 1090. The Balaban J connectivity index is 1.45. The van der Waals surface area contributed by atoms with Crippen molar-refractivity contribution >= 4 is 28.9 Å². The molecular formula is C20H23N7O. The molecule has 5 rings (SSSR count). The van der Waals surface area contributed by atoms with Crippen molar-refractivity contribution in [3.05, 3.63) is 41.7 Å². The molecule has 0 amide bonds. The summed E-state index contributed by atoms with van der Waals surface area (Å²) in [5, 5.41) is 7.79. The fraction of sp³-hybridized carbons (Fsp3) is 0.400. The van der Waals surface area contributed by atoms with E-state index < -0.39 is 5.41 Å². The Morgan fingerprint density at radius 1 is 1.32 bits per heavy atom. The summed E-state index contributed by atoms with van der Waals surface area (Å²) in [6, 6.07) is 6.19. The molecule has 1 saturated heterocycles. The minimum absolute atomic E-state index is 0.168. The maximum atomic E-state index is 12.3. The zero-order valence-corrected chi connectivity index (χ0v) is 16.0. The summed E-state index contributed by atoms with van der Waals surface area (Å²) in [4.78, 5) is 23.6. The van der Waals surface area contributed by atoms with Crippen molar-refractivity contribution in [3.8, 4) is 0 Å². The normalized spacial score (nSPS) is 20.8. The van der Waals surface area contributed by atoms with E-state index >= 15 is 0 Å². The van der Waals surface area contributed by atoms with E-state index in [2.05, 4.69) is 25.3 Å². The first-order valence-electron chi connectivity index (χ1n) is 9.57. The maximum absolute atomic E-state index is 12.3. The third kappa shape index (κ3) is 2.63. The van der Waals surface area contributed by atoms with Gasteiger partial charge in [-0.05, 0) is 43.5 Å². The van der Waals surface area contributed by atoms with Gasteiger partial charge in [-0.3, -0.25) is 4.79 Å². The second kappa shape index (κ2) is 6.00. The molecule has 0 unspecified atom stereocenters. The van der Waals surface area contributed by atoms with E-state index in [1.165, 1.54) is 0 Å². The summed E-state index contributed by atoms with van der Waals surface area (Å²) in [5.74, 6) is 1.56. The number of Topliss-reactive ketones (excluding diaryl/α,β-unsaturated/α-hetero) is 1. The van der Waals surface area contributed by atoms with Crippen LogP contribution in [0.5, 0.6) is 0 Å². The second-order valence-electron chi connectivity index (χ2n) is 8.17. The number of hydrogen-bond donors (Lipinski definition) is 2. The van der Waals surface area contributed by atoms with Gasteiger partial charge in [0.2, 0.25) is 5.95 Å². The van der Waals surface area contributed by atoms with Gasteiger partial charge in [-0.2, -0.15) is 4.98 Å². The summed E-state index contributed by atoms with van der Waals surface area (Å²) >= 11 is 0. The maximum Gasteiger partial charge on any atom is 0.247 e. The van der Waals surface area contributed by atoms with Crippen molar-refractivity contribution in [3.63, 3.8) is 0 Å². The average Bonchev–Trinajstić information content (AvgIpc) is 3.31.